The van der Waals surface area contributed by atoms with Crippen LogP contribution in [0.25, 0.3) is 0 Å². The van der Waals surface area contributed by atoms with Gasteiger partial charge in [0.15, 0.2) is 0 Å². The minimum absolute atomic E-state index is 0.0222. The molecular formula is C13H17N3O2S. The first-order valence-corrected chi connectivity index (χ1v) is 7.70. The van der Waals surface area contributed by atoms with E-state index in [1.807, 2.05) is 0 Å². The molecule has 2 N–H and O–H groups in total. The third-order valence-corrected chi connectivity index (χ3v) is 5.35. The van der Waals surface area contributed by atoms with Crippen LogP contribution in [0, 0.1) is 17.2 Å². The molecule has 6 heteroatoms. The van der Waals surface area contributed by atoms with Gasteiger partial charge in [0.1, 0.15) is 0 Å². The predicted octanol–water partition coefficient (Wildman–Crippen LogP) is 1.07. The maximum atomic E-state index is 12.4. The average Bonchev–Trinajstić information content (AvgIpc) is 2.47. The first-order chi connectivity index (χ1) is 9.07. The average molecular weight is 279 g/mol. The van der Waals surface area contributed by atoms with Crippen molar-refractivity contribution in [2.45, 2.75) is 24.3 Å². The van der Waals surface area contributed by atoms with E-state index in [0.29, 0.717) is 37.4 Å². The van der Waals surface area contributed by atoms with Gasteiger partial charge in [-0.15, -0.1) is 0 Å². The molecule has 19 heavy (non-hydrogen) atoms. The summed E-state index contributed by atoms with van der Waals surface area (Å²) in [6.07, 6.45) is 1.22. The SMILES string of the molecule is N#CC1CCN(S(=O)(=O)c2ccc(CN)cc2)CC1. The molecule has 0 bridgehead atoms. The third kappa shape index (κ3) is 2.95. The lowest BCUT2D eigenvalue weighted by Gasteiger charge is -2.28. The maximum absolute atomic E-state index is 12.4. The molecule has 2 rings (SSSR count). The molecule has 0 radical (unpaired) electrons. The van der Waals surface area contributed by atoms with Crippen molar-refractivity contribution in [2.24, 2.45) is 11.7 Å². The summed E-state index contributed by atoms with van der Waals surface area (Å²) in [6, 6.07) is 8.84. The first-order valence-electron chi connectivity index (χ1n) is 6.26. The van der Waals surface area contributed by atoms with E-state index in [1.54, 1.807) is 24.3 Å². The van der Waals surface area contributed by atoms with Crippen molar-refractivity contribution in [3.63, 3.8) is 0 Å². The van der Waals surface area contributed by atoms with Gasteiger partial charge in [-0.2, -0.15) is 9.57 Å². The molecule has 102 valence electrons. The number of sulfonamides is 1. The molecule has 1 aliphatic rings. The van der Waals surface area contributed by atoms with E-state index in [2.05, 4.69) is 6.07 Å². The summed E-state index contributed by atoms with van der Waals surface area (Å²) in [6.45, 7) is 1.23. The van der Waals surface area contributed by atoms with Crippen LogP contribution in [-0.4, -0.2) is 25.8 Å². The van der Waals surface area contributed by atoms with E-state index in [1.165, 1.54) is 4.31 Å². The highest BCUT2D eigenvalue weighted by Gasteiger charge is 2.29. The summed E-state index contributed by atoms with van der Waals surface area (Å²) in [5, 5.41) is 8.82. The molecule has 5 nitrogen and oxygen atoms in total. The fraction of sp³-hybridized carbons (Fsp3) is 0.462. The third-order valence-electron chi connectivity index (χ3n) is 3.43. The minimum Gasteiger partial charge on any atom is -0.326 e. The molecule has 0 amide bonds. The predicted molar refractivity (Wildman–Crippen MR) is 71.4 cm³/mol. The van der Waals surface area contributed by atoms with Gasteiger partial charge in [-0.05, 0) is 30.5 Å². The molecule has 1 heterocycles. The lowest BCUT2D eigenvalue weighted by Crippen LogP contribution is -2.38. The van der Waals surface area contributed by atoms with Gasteiger partial charge in [0, 0.05) is 25.6 Å². The Labute approximate surface area is 113 Å². The van der Waals surface area contributed by atoms with Crippen LogP contribution in [0.4, 0.5) is 0 Å². The summed E-state index contributed by atoms with van der Waals surface area (Å²) < 4.78 is 26.2. The zero-order chi connectivity index (χ0) is 13.9. The van der Waals surface area contributed by atoms with E-state index in [9.17, 15) is 8.42 Å². The Morgan fingerprint density at radius 1 is 1.26 bits per heavy atom. The van der Waals surface area contributed by atoms with Crippen molar-refractivity contribution in [3.8, 4) is 6.07 Å². The summed E-state index contributed by atoms with van der Waals surface area (Å²) in [5.74, 6) is -0.0222. The Bertz CT molecular complexity index is 567. The Morgan fingerprint density at radius 3 is 2.32 bits per heavy atom. The van der Waals surface area contributed by atoms with Gasteiger partial charge in [-0.25, -0.2) is 8.42 Å². The van der Waals surface area contributed by atoms with Crippen molar-refractivity contribution in [2.75, 3.05) is 13.1 Å². The second-order valence-corrected chi connectivity index (χ2v) is 6.59. The van der Waals surface area contributed by atoms with Crippen LogP contribution in [0.15, 0.2) is 29.2 Å². The van der Waals surface area contributed by atoms with Crippen molar-refractivity contribution in [3.05, 3.63) is 29.8 Å². The molecule has 1 saturated heterocycles. The zero-order valence-corrected chi connectivity index (χ0v) is 11.4. The normalized spacial score (nSPS) is 18.1. The van der Waals surface area contributed by atoms with Gasteiger partial charge in [-0.1, -0.05) is 12.1 Å². The summed E-state index contributed by atoms with van der Waals surface area (Å²) >= 11 is 0. The van der Waals surface area contributed by atoms with Gasteiger partial charge in [0.25, 0.3) is 0 Å². The fourth-order valence-electron chi connectivity index (χ4n) is 2.17. The zero-order valence-electron chi connectivity index (χ0n) is 10.6. The summed E-state index contributed by atoms with van der Waals surface area (Å²) in [4.78, 5) is 0.292. The second kappa shape index (κ2) is 5.70. The number of piperidine rings is 1. The van der Waals surface area contributed by atoms with Crippen LogP contribution >= 0.6 is 0 Å². The molecule has 0 spiro atoms. The van der Waals surface area contributed by atoms with E-state index in [-0.39, 0.29) is 5.92 Å². The molecule has 1 aliphatic heterocycles. The van der Waals surface area contributed by atoms with Crippen molar-refractivity contribution in [1.29, 1.82) is 5.26 Å². The number of benzene rings is 1. The monoisotopic (exact) mass is 279 g/mol. The molecule has 0 saturated carbocycles. The number of hydrogen-bond donors (Lipinski definition) is 1. The number of hydrogen-bond acceptors (Lipinski definition) is 4. The highest BCUT2D eigenvalue weighted by Crippen LogP contribution is 2.23. The number of rotatable bonds is 3. The molecule has 0 aromatic heterocycles. The maximum Gasteiger partial charge on any atom is 0.243 e. The van der Waals surface area contributed by atoms with Gasteiger partial charge < -0.3 is 5.73 Å². The Balaban J connectivity index is 2.16. The smallest absolute Gasteiger partial charge is 0.243 e. The number of nitrogens with zero attached hydrogens (tertiary/aromatic N) is 2. The first kappa shape index (κ1) is 14.0. The number of nitrogens with two attached hydrogens (primary N) is 1. The highest BCUT2D eigenvalue weighted by molar-refractivity contribution is 7.89. The quantitative estimate of drug-likeness (QED) is 0.896. The van der Waals surface area contributed by atoms with E-state index >= 15 is 0 Å². The highest BCUT2D eigenvalue weighted by atomic mass is 32.2. The van der Waals surface area contributed by atoms with Crippen LogP contribution in [0.2, 0.25) is 0 Å². The van der Waals surface area contributed by atoms with Crippen LogP contribution in [0.3, 0.4) is 0 Å². The Kier molecular flexibility index (Phi) is 4.20. The van der Waals surface area contributed by atoms with Gasteiger partial charge in [-0.3, -0.25) is 0 Å². The van der Waals surface area contributed by atoms with Crippen LogP contribution < -0.4 is 5.73 Å². The van der Waals surface area contributed by atoms with Crippen LogP contribution in [-0.2, 0) is 16.6 Å². The largest absolute Gasteiger partial charge is 0.326 e. The van der Waals surface area contributed by atoms with Crippen molar-refractivity contribution < 1.29 is 8.42 Å². The lowest BCUT2D eigenvalue weighted by molar-refractivity contribution is 0.310. The standard InChI is InChI=1S/C13H17N3O2S/c14-9-11-1-3-13(4-2-11)19(17,18)16-7-5-12(10-15)6-8-16/h1-4,12H,5-9,14H2. The Hall–Kier alpha value is -1.42. The van der Waals surface area contributed by atoms with E-state index in [4.69, 9.17) is 11.0 Å². The van der Waals surface area contributed by atoms with Crippen molar-refractivity contribution >= 4 is 10.0 Å². The molecule has 0 unspecified atom stereocenters. The molecular weight excluding hydrogens is 262 g/mol. The topological polar surface area (TPSA) is 87.2 Å². The minimum atomic E-state index is -3.44. The molecule has 0 atom stereocenters. The Morgan fingerprint density at radius 2 is 1.84 bits per heavy atom. The summed E-state index contributed by atoms with van der Waals surface area (Å²) in [5.41, 5.74) is 6.40. The molecule has 1 fully saturated rings. The lowest BCUT2D eigenvalue weighted by atomic mass is 10.0. The summed E-state index contributed by atoms with van der Waals surface area (Å²) in [7, 11) is -3.44. The number of nitriles is 1. The van der Waals surface area contributed by atoms with Crippen LogP contribution in [0.1, 0.15) is 18.4 Å². The fourth-order valence-corrected chi connectivity index (χ4v) is 3.64. The molecule has 1 aromatic carbocycles. The van der Waals surface area contributed by atoms with Crippen molar-refractivity contribution in [1.82, 2.24) is 4.31 Å². The molecule has 1 aromatic rings. The van der Waals surface area contributed by atoms with E-state index in [0.717, 1.165) is 5.56 Å². The molecule has 0 aliphatic carbocycles. The van der Waals surface area contributed by atoms with Gasteiger partial charge in [0.2, 0.25) is 10.0 Å². The van der Waals surface area contributed by atoms with Gasteiger partial charge >= 0.3 is 0 Å². The van der Waals surface area contributed by atoms with Gasteiger partial charge in [0.05, 0.1) is 11.0 Å². The van der Waals surface area contributed by atoms with Crippen LogP contribution in [0.5, 0.6) is 0 Å². The van der Waals surface area contributed by atoms with E-state index < -0.39 is 10.0 Å². The second-order valence-electron chi connectivity index (χ2n) is 4.66.